The first-order chi connectivity index (χ1) is 11.3. The van der Waals surface area contributed by atoms with Gasteiger partial charge in [0.05, 0.1) is 12.7 Å². The van der Waals surface area contributed by atoms with E-state index in [-0.39, 0.29) is 11.8 Å². The molecule has 2 N–H and O–H groups in total. The van der Waals surface area contributed by atoms with Gasteiger partial charge in [0.15, 0.2) is 0 Å². The molecule has 1 aliphatic rings. The van der Waals surface area contributed by atoms with Crippen LogP contribution in [-0.2, 0) is 11.3 Å². The molecule has 0 bridgehead atoms. The number of hydrogen-bond acceptors (Lipinski definition) is 4. The van der Waals surface area contributed by atoms with Crippen LogP contribution in [-0.4, -0.2) is 44.7 Å². The first-order valence-electron chi connectivity index (χ1n) is 7.74. The van der Waals surface area contributed by atoms with E-state index in [0.29, 0.717) is 30.8 Å². The lowest BCUT2D eigenvalue weighted by molar-refractivity contribution is -0.126. The average molecular weight is 313 g/mol. The fraction of sp³-hybridized carbons (Fsp3) is 0.375. The normalized spacial score (nSPS) is 17.7. The third kappa shape index (κ3) is 3.56. The summed E-state index contributed by atoms with van der Waals surface area (Å²) in [5.41, 5.74) is 1.28. The second kappa shape index (κ2) is 7.04. The molecule has 1 fully saturated rings. The molecule has 1 aromatic heterocycles. The third-order valence-corrected chi connectivity index (χ3v) is 4.00. The highest BCUT2D eigenvalue weighted by molar-refractivity contribution is 5.97. The molecule has 7 nitrogen and oxygen atoms in total. The number of amides is 2. The highest BCUT2D eigenvalue weighted by atomic mass is 16.2. The Labute approximate surface area is 134 Å². The Morgan fingerprint density at radius 1 is 1.26 bits per heavy atom. The van der Waals surface area contributed by atoms with E-state index in [9.17, 15) is 9.59 Å². The minimum absolute atomic E-state index is 0.0908. The summed E-state index contributed by atoms with van der Waals surface area (Å²) in [4.78, 5) is 26.8. The van der Waals surface area contributed by atoms with Gasteiger partial charge >= 0.3 is 0 Å². The van der Waals surface area contributed by atoms with Crippen molar-refractivity contribution < 1.29 is 9.59 Å². The lowest BCUT2D eigenvalue weighted by Gasteiger charge is -2.34. The average Bonchev–Trinajstić information content (AvgIpc) is 3.13. The molecule has 2 heterocycles. The Balaban J connectivity index is 1.68. The molecule has 1 saturated heterocycles. The molecule has 0 aliphatic carbocycles. The van der Waals surface area contributed by atoms with Crippen molar-refractivity contribution in [2.24, 2.45) is 0 Å². The fourth-order valence-corrected chi connectivity index (χ4v) is 2.80. The lowest BCUT2D eigenvalue weighted by atomic mass is 10.00. The molecule has 1 aromatic carbocycles. The number of nitrogens with one attached hydrogen (secondary N) is 2. The van der Waals surface area contributed by atoms with Crippen molar-refractivity contribution in [2.45, 2.75) is 31.8 Å². The minimum atomic E-state index is -0.427. The molecule has 23 heavy (non-hydrogen) atoms. The summed E-state index contributed by atoms with van der Waals surface area (Å²) in [5, 5.41) is 12.9. The van der Waals surface area contributed by atoms with Crippen molar-refractivity contribution in [1.29, 1.82) is 0 Å². The summed E-state index contributed by atoms with van der Waals surface area (Å²) in [5.74, 6) is -0.233. The summed E-state index contributed by atoms with van der Waals surface area (Å²) < 4.78 is 0. The Kier molecular flexibility index (Phi) is 4.65. The Morgan fingerprint density at radius 2 is 2.09 bits per heavy atom. The van der Waals surface area contributed by atoms with Crippen LogP contribution in [0.3, 0.4) is 0 Å². The molecule has 7 heteroatoms. The van der Waals surface area contributed by atoms with Crippen molar-refractivity contribution in [3.63, 3.8) is 0 Å². The van der Waals surface area contributed by atoms with Crippen LogP contribution in [0.2, 0.25) is 0 Å². The molecule has 1 aliphatic heterocycles. The standard InChI is InChI=1S/C16H19N5O2/c22-15(17-10-13-11-18-20-19-13)14-8-4-5-9-21(14)16(23)12-6-2-1-3-7-12/h1-3,6-7,11,14H,4-5,8-10H2,(H,17,22)(H,18,19,20). The van der Waals surface area contributed by atoms with Crippen LogP contribution in [0.15, 0.2) is 36.5 Å². The molecule has 0 saturated carbocycles. The largest absolute Gasteiger partial charge is 0.349 e. The van der Waals surface area contributed by atoms with Gasteiger partial charge in [-0.05, 0) is 31.4 Å². The van der Waals surface area contributed by atoms with Gasteiger partial charge in [-0.15, -0.1) is 0 Å². The molecule has 0 spiro atoms. The van der Waals surface area contributed by atoms with E-state index in [1.807, 2.05) is 18.2 Å². The second-order valence-electron chi connectivity index (χ2n) is 5.56. The van der Waals surface area contributed by atoms with Gasteiger partial charge in [0, 0.05) is 12.1 Å². The number of aromatic nitrogens is 3. The first-order valence-corrected chi connectivity index (χ1v) is 7.74. The highest BCUT2D eigenvalue weighted by Crippen LogP contribution is 2.20. The maximum Gasteiger partial charge on any atom is 0.254 e. The van der Waals surface area contributed by atoms with Gasteiger partial charge < -0.3 is 10.2 Å². The van der Waals surface area contributed by atoms with Crippen LogP contribution in [0, 0.1) is 0 Å². The van der Waals surface area contributed by atoms with Gasteiger partial charge in [0.25, 0.3) is 5.91 Å². The molecule has 0 radical (unpaired) electrons. The maximum absolute atomic E-state index is 12.7. The quantitative estimate of drug-likeness (QED) is 0.885. The molecule has 1 unspecified atom stereocenters. The van der Waals surface area contributed by atoms with Crippen molar-refractivity contribution in [3.8, 4) is 0 Å². The molecule has 2 amide bonds. The SMILES string of the molecule is O=C(NCc1cn[nH]n1)C1CCCCN1C(=O)c1ccccc1. The smallest absolute Gasteiger partial charge is 0.254 e. The van der Waals surface area contributed by atoms with Crippen LogP contribution < -0.4 is 5.32 Å². The van der Waals surface area contributed by atoms with Crippen molar-refractivity contribution in [3.05, 3.63) is 47.8 Å². The number of carbonyl (C=O) groups is 2. The zero-order chi connectivity index (χ0) is 16.1. The highest BCUT2D eigenvalue weighted by Gasteiger charge is 2.32. The number of benzene rings is 1. The molecular formula is C16H19N5O2. The molecule has 2 aromatic rings. The van der Waals surface area contributed by atoms with Gasteiger partial charge in [-0.1, -0.05) is 18.2 Å². The van der Waals surface area contributed by atoms with Crippen LogP contribution in [0.25, 0.3) is 0 Å². The molecular weight excluding hydrogens is 294 g/mol. The topological polar surface area (TPSA) is 91.0 Å². The van der Waals surface area contributed by atoms with Crippen LogP contribution in [0.4, 0.5) is 0 Å². The summed E-state index contributed by atoms with van der Waals surface area (Å²) >= 11 is 0. The van der Waals surface area contributed by atoms with Crippen molar-refractivity contribution in [1.82, 2.24) is 25.6 Å². The first kappa shape index (κ1) is 15.2. The Morgan fingerprint density at radius 3 is 2.83 bits per heavy atom. The van der Waals surface area contributed by atoms with Gasteiger partial charge in [-0.2, -0.15) is 15.4 Å². The predicted octanol–water partition coefficient (Wildman–Crippen LogP) is 1.12. The van der Waals surface area contributed by atoms with Crippen LogP contribution >= 0.6 is 0 Å². The Bertz CT molecular complexity index is 656. The van der Waals surface area contributed by atoms with E-state index in [1.165, 1.54) is 0 Å². The molecule has 3 rings (SSSR count). The van der Waals surface area contributed by atoms with E-state index in [1.54, 1.807) is 23.2 Å². The van der Waals surface area contributed by atoms with Gasteiger partial charge in [-0.3, -0.25) is 9.59 Å². The number of piperidine rings is 1. The number of nitrogens with zero attached hydrogens (tertiary/aromatic N) is 3. The van der Waals surface area contributed by atoms with Crippen molar-refractivity contribution in [2.75, 3.05) is 6.54 Å². The van der Waals surface area contributed by atoms with E-state index < -0.39 is 6.04 Å². The summed E-state index contributed by atoms with van der Waals surface area (Å²) in [6.45, 7) is 0.912. The fourth-order valence-electron chi connectivity index (χ4n) is 2.80. The van der Waals surface area contributed by atoms with Crippen molar-refractivity contribution >= 4 is 11.8 Å². The summed E-state index contributed by atoms with van der Waals surface area (Å²) in [7, 11) is 0. The van der Waals surface area contributed by atoms with E-state index in [0.717, 1.165) is 12.8 Å². The summed E-state index contributed by atoms with van der Waals surface area (Å²) in [6, 6.07) is 8.66. The zero-order valence-corrected chi connectivity index (χ0v) is 12.7. The van der Waals surface area contributed by atoms with E-state index in [2.05, 4.69) is 20.7 Å². The Hall–Kier alpha value is -2.70. The second-order valence-corrected chi connectivity index (χ2v) is 5.56. The minimum Gasteiger partial charge on any atom is -0.349 e. The van der Waals surface area contributed by atoms with Gasteiger partial charge in [0.1, 0.15) is 11.7 Å². The molecule has 120 valence electrons. The van der Waals surface area contributed by atoms with Crippen LogP contribution in [0.5, 0.6) is 0 Å². The lowest BCUT2D eigenvalue weighted by Crippen LogP contribution is -2.51. The van der Waals surface area contributed by atoms with Crippen LogP contribution in [0.1, 0.15) is 35.3 Å². The number of H-pyrrole nitrogens is 1. The number of hydrogen-bond donors (Lipinski definition) is 2. The predicted molar refractivity (Wildman–Crippen MR) is 83.3 cm³/mol. The number of aromatic amines is 1. The monoisotopic (exact) mass is 313 g/mol. The van der Waals surface area contributed by atoms with Gasteiger partial charge in [-0.25, -0.2) is 0 Å². The number of rotatable bonds is 4. The van der Waals surface area contributed by atoms with E-state index >= 15 is 0 Å². The number of carbonyl (C=O) groups excluding carboxylic acids is 2. The zero-order valence-electron chi connectivity index (χ0n) is 12.7. The third-order valence-electron chi connectivity index (χ3n) is 4.00. The number of likely N-dealkylation sites (tertiary alicyclic amines) is 1. The van der Waals surface area contributed by atoms with E-state index in [4.69, 9.17) is 0 Å². The van der Waals surface area contributed by atoms with Gasteiger partial charge in [0.2, 0.25) is 5.91 Å². The maximum atomic E-state index is 12.7. The molecule has 1 atom stereocenters. The summed E-state index contributed by atoms with van der Waals surface area (Å²) in [6.07, 6.45) is 4.11.